The molecule has 0 fully saturated rings. The minimum absolute atomic E-state index is 0.193. The fourth-order valence-corrected chi connectivity index (χ4v) is 2.27. The Hall–Kier alpha value is -1.76. The summed E-state index contributed by atoms with van der Waals surface area (Å²) in [5, 5.41) is 9.20. The number of ether oxygens (including phenoxy) is 1. The summed E-state index contributed by atoms with van der Waals surface area (Å²) in [7, 11) is 0. The lowest BCUT2D eigenvalue weighted by Crippen LogP contribution is -2.13. The van der Waals surface area contributed by atoms with Crippen LogP contribution < -0.4 is 10.5 Å². The largest absolute Gasteiger partial charge is 0.508 e. The predicted octanol–water partition coefficient (Wildman–Crippen LogP) is 2.82. The number of phenolic OH excluding ortho intramolecular Hbond substituents is 1. The Bertz CT molecular complexity index is 596. The van der Waals surface area contributed by atoms with E-state index < -0.39 is 0 Å². The molecule has 0 bridgehead atoms. The second kappa shape index (κ2) is 5.92. The second-order valence-corrected chi connectivity index (χ2v) is 5.17. The van der Waals surface area contributed by atoms with Gasteiger partial charge in [0.15, 0.2) is 0 Å². The first kappa shape index (κ1) is 13.7. The highest BCUT2D eigenvalue weighted by molar-refractivity contribution is 14.1. The zero-order valence-corrected chi connectivity index (χ0v) is 12.1. The second-order valence-electron chi connectivity index (χ2n) is 4.00. The van der Waals surface area contributed by atoms with E-state index in [1.807, 2.05) is 12.1 Å². The topological polar surface area (TPSA) is 72.6 Å². The van der Waals surface area contributed by atoms with Gasteiger partial charge in [-0.05, 0) is 64.6 Å². The Morgan fingerprint density at radius 1 is 1.21 bits per heavy atom. The zero-order chi connectivity index (χ0) is 13.8. The molecule has 19 heavy (non-hydrogen) atoms. The minimum Gasteiger partial charge on any atom is -0.508 e. The summed E-state index contributed by atoms with van der Waals surface area (Å²) < 4.78 is 6.58. The van der Waals surface area contributed by atoms with Crippen LogP contribution in [0.3, 0.4) is 0 Å². The lowest BCUT2D eigenvalue weighted by molar-refractivity contribution is -0.117. The first-order valence-corrected chi connectivity index (χ1v) is 6.66. The van der Waals surface area contributed by atoms with Gasteiger partial charge in [0.2, 0.25) is 5.91 Å². The summed E-state index contributed by atoms with van der Waals surface area (Å²) in [5.74, 6) is 1.17. The maximum atomic E-state index is 10.9. The summed E-state index contributed by atoms with van der Waals surface area (Å²) >= 11 is 2.14. The first-order chi connectivity index (χ1) is 9.04. The molecule has 0 aliphatic heterocycles. The molecule has 0 radical (unpaired) electrons. The Morgan fingerprint density at radius 3 is 2.47 bits per heavy atom. The standard InChI is InChI=1S/C14H12INO3/c15-12-7-9(8-14(16)18)1-6-13(12)19-11-4-2-10(17)3-5-11/h1-7,17H,8H2,(H2,16,18). The van der Waals surface area contributed by atoms with Gasteiger partial charge in [-0.15, -0.1) is 0 Å². The summed E-state index contributed by atoms with van der Waals surface area (Å²) in [6.07, 6.45) is 0.218. The van der Waals surface area contributed by atoms with Crippen molar-refractivity contribution in [3.63, 3.8) is 0 Å². The number of nitrogens with two attached hydrogens (primary N) is 1. The van der Waals surface area contributed by atoms with Gasteiger partial charge >= 0.3 is 0 Å². The van der Waals surface area contributed by atoms with Crippen LogP contribution in [-0.4, -0.2) is 11.0 Å². The molecule has 1 amide bonds. The SMILES string of the molecule is NC(=O)Cc1ccc(Oc2ccc(O)cc2)c(I)c1. The number of halogens is 1. The molecule has 0 aromatic heterocycles. The third-order valence-electron chi connectivity index (χ3n) is 2.44. The molecule has 2 rings (SSSR count). The number of carbonyl (C=O) groups is 1. The highest BCUT2D eigenvalue weighted by Crippen LogP contribution is 2.28. The van der Waals surface area contributed by atoms with Gasteiger partial charge in [0.25, 0.3) is 0 Å². The maximum absolute atomic E-state index is 10.9. The van der Waals surface area contributed by atoms with Gasteiger partial charge in [-0.3, -0.25) is 4.79 Å². The van der Waals surface area contributed by atoms with Crippen molar-refractivity contribution in [1.29, 1.82) is 0 Å². The van der Waals surface area contributed by atoms with Crippen LogP contribution >= 0.6 is 22.6 Å². The molecule has 0 saturated carbocycles. The molecule has 0 heterocycles. The number of phenols is 1. The Labute approximate surface area is 124 Å². The van der Waals surface area contributed by atoms with Crippen molar-refractivity contribution in [3.05, 3.63) is 51.6 Å². The Balaban J connectivity index is 2.17. The number of amides is 1. The molecular weight excluding hydrogens is 357 g/mol. The van der Waals surface area contributed by atoms with Crippen LogP contribution in [0.2, 0.25) is 0 Å². The van der Waals surface area contributed by atoms with Crippen molar-refractivity contribution >= 4 is 28.5 Å². The summed E-state index contributed by atoms with van der Waals surface area (Å²) in [6.45, 7) is 0. The zero-order valence-electron chi connectivity index (χ0n) is 9.97. The quantitative estimate of drug-likeness (QED) is 0.815. The number of primary amides is 1. The van der Waals surface area contributed by atoms with Gasteiger partial charge in [0.1, 0.15) is 17.2 Å². The van der Waals surface area contributed by atoms with E-state index >= 15 is 0 Å². The van der Waals surface area contributed by atoms with Crippen molar-refractivity contribution < 1.29 is 14.6 Å². The number of benzene rings is 2. The highest BCUT2D eigenvalue weighted by Gasteiger charge is 2.06. The number of hydrogen-bond acceptors (Lipinski definition) is 3. The van der Waals surface area contributed by atoms with Crippen LogP contribution in [0.1, 0.15) is 5.56 Å². The lowest BCUT2D eigenvalue weighted by Gasteiger charge is -2.09. The molecule has 5 heteroatoms. The molecule has 0 atom stereocenters. The summed E-state index contributed by atoms with van der Waals surface area (Å²) in [5.41, 5.74) is 6.01. The van der Waals surface area contributed by atoms with Gasteiger partial charge < -0.3 is 15.6 Å². The average Bonchev–Trinajstić information content (AvgIpc) is 2.34. The lowest BCUT2D eigenvalue weighted by atomic mass is 10.1. The van der Waals surface area contributed by atoms with Crippen LogP contribution in [0.15, 0.2) is 42.5 Å². The van der Waals surface area contributed by atoms with Crippen molar-refractivity contribution in [1.82, 2.24) is 0 Å². The third-order valence-corrected chi connectivity index (χ3v) is 3.28. The predicted molar refractivity (Wildman–Crippen MR) is 80.2 cm³/mol. The van der Waals surface area contributed by atoms with Gasteiger partial charge in [-0.1, -0.05) is 6.07 Å². The fraction of sp³-hybridized carbons (Fsp3) is 0.0714. The van der Waals surface area contributed by atoms with Crippen molar-refractivity contribution in [2.75, 3.05) is 0 Å². The number of hydrogen-bond donors (Lipinski definition) is 2. The summed E-state index contributed by atoms with van der Waals surface area (Å²) in [6, 6.07) is 12.0. The van der Waals surface area contributed by atoms with E-state index in [0.717, 1.165) is 9.13 Å². The number of rotatable bonds is 4. The molecule has 4 nitrogen and oxygen atoms in total. The normalized spacial score (nSPS) is 10.2. The monoisotopic (exact) mass is 369 g/mol. The van der Waals surface area contributed by atoms with Crippen LogP contribution in [0.4, 0.5) is 0 Å². The van der Waals surface area contributed by atoms with Gasteiger partial charge in [0.05, 0.1) is 9.99 Å². The van der Waals surface area contributed by atoms with E-state index in [2.05, 4.69) is 22.6 Å². The molecule has 98 valence electrons. The number of aromatic hydroxyl groups is 1. The molecule has 0 aliphatic rings. The maximum Gasteiger partial charge on any atom is 0.221 e. The first-order valence-electron chi connectivity index (χ1n) is 5.58. The highest BCUT2D eigenvalue weighted by atomic mass is 127. The van der Waals surface area contributed by atoms with Crippen LogP contribution in [0.5, 0.6) is 17.2 Å². The van der Waals surface area contributed by atoms with E-state index in [4.69, 9.17) is 10.5 Å². The molecular formula is C14H12INO3. The minimum atomic E-state index is -0.358. The molecule has 2 aromatic rings. The van der Waals surface area contributed by atoms with Crippen molar-refractivity contribution in [2.24, 2.45) is 5.73 Å². The molecule has 2 aromatic carbocycles. The van der Waals surface area contributed by atoms with E-state index in [9.17, 15) is 9.90 Å². The van der Waals surface area contributed by atoms with E-state index in [0.29, 0.717) is 11.5 Å². The van der Waals surface area contributed by atoms with E-state index in [1.165, 1.54) is 0 Å². The summed E-state index contributed by atoms with van der Waals surface area (Å²) in [4.78, 5) is 10.9. The average molecular weight is 369 g/mol. The third kappa shape index (κ3) is 3.85. The van der Waals surface area contributed by atoms with Gasteiger partial charge in [0, 0.05) is 0 Å². The molecule has 0 aliphatic carbocycles. The smallest absolute Gasteiger partial charge is 0.221 e. The van der Waals surface area contributed by atoms with Crippen LogP contribution in [0.25, 0.3) is 0 Å². The van der Waals surface area contributed by atoms with Crippen molar-refractivity contribution in [3.8, 4) is 17.2 Å². The van der Waals surface area contributed by atoms with Gasteiger partial charge in [-0.25, -0.2) is 0 Å². The van der Waals surface area contributed by atoms with Crippen LogP contribution in [0, 0.1) is 3.57 Å². The van der Waals surface area contributed by atoms with Crippen LogP contribution in [-0.2, 0) is 11.2 Å². The Morgan fingerprint density at radius 2 is 1.89 bits per heavy atom. The molecule has 0 spiro atoms. The number of carbonyl (C=O) groups excluding carboxylic acids is 1. The van der Waals surface area contributed by atoms with E-state index in [1.54, 1.807) is 30.3 Å². The fourth-order valence-electron chi connectivity index (χ4n) is 1.58. The molecule has 0 unspecified atom stereocenters. The molecule has 3 N–H and O–H groups in total. The van der Waals surface area contributed by atoms with Crippen molar-refractivity contribution in [2.45, 2.75) is 6.42 Å². The Kier molecular flexibility index (Phi) is 4.26. The van der Waals surface area contributed by atoms with E-state index in [-0.39, 0.29) is 18.1 Å². The van der Waals surface area contributed by atoms with Gasteiger partial charge in [-0.2, -0.15) is 0 Å². The molecule has 0 saturated heterocycles.